The summed E-state index contributed by atoms with van der Waals surface area (Å²) in [7, 11) is 0. The maximum absolute atomic E-state index is 12.6. The fraction of sp³-hybridized carbons (Fsp3) is 0.107. The fourth-order valence-electron chi connectivity index (χ4n) is 3.81. The molecule has 1 aliphatic rings. The van der Waals surface area contributed by atoms with Gasteiger partial charge in [-0.2, -0.15) is 9.67 Å². The summed E-state index contributed by atoms with van der Waals surface area (Å²) in [6, 6.07) is 22.7. The highest BCUT2D eigenvalue weighted by atomic mass is 79.9. The lowest BCUT2D eigenvalue weighted by atomic mass is 10.1. The van der Waals surface area contributed by atoms with Crippen molar-refractivity contribution in [2.45, 2.75) is 13.5 Å². The summed E-state index contributed by atoms with van der Waals surface area (Å²) >= 11 is 0. The lowest BCUT2D eigenvalue weighted by molar-refractivity contribution is -0.685. The molecule has 0 atom stereocenters. The number of hydrogen-bond acceptors (Lipinski definition) is 6. The van der Waals surface area contributed by atoms with Crippen LogP contribution in [-0.2, 0) is 25.6 Å². The van der Waals surface area contributed by atoms with E-state index in [0.717, 1.165) is 16.8 Å². The standard InChI is InChI=1S/C28H23N4O4.BrH/c1-2-35-25(33)19-31-15-9-12-21(17-31)26-22(18-32(30-26)23-13-7-4-8-14-23)16-24-28(34)36-27(29-24)20-10-5-3-6-11-20;/h3-18H,2,19H2,1H3;1H/q+1;/p-1. The van der Waals surface area contributed by atoms with E-state index in [9.17, 15) is 9.59 Å². The maximum Gasteiger partial charge on any atom is 0.372 e. The molecule has 37 heavy (non-hydrogen) atoms. The number of benzene rings is 2. The summed E-state index contributed by atoms with van der Waals surface area (Å²) < 4.78 is 14.0. The van der Waals surface area contributed by atoms with Crippen LogP contribution in [0.15, 0.2) is 102 Å². The van der Waals surface area contributed by atoms with Crippen molar-refractivity contribution in [3.8, 4) is 16.9 Å². The van der Waals surface area contributed by atoms with Gasteiger partial charge < -0.3 is 26.5 Å². The van der Waals surface area contributed by atoms with Crippen molar-refractivity contribution in [2.24, 2.45) is 4.99 Å². The zero-order chi connectivity index (χ0) is 24.9. The van der Waals surface area contributed by atoms with E-state index >= 15 is 0 Å². The average molecular weight is 559 g/mol. The Morgan fingerprint density at radius 2 is 1.73 bits per heavy atom. The van der Waals surface area contributed by atoms with E-state index in [0.29, 0.717) is 17.9 Å². The maximum atomic E-state index is 12.6. The summed E-state index contributed by atoms with van der Waals surface area (Å²) in [4.78, 5) is 29.1. The molecule has 186 valence electrons. The molecule has 0 fully saturated rings. The van der Waals surface area contributed by atoms with Gasteiger partial charge in [0.1, 0.15) is 5.69 Å². The third kappa shape index (κ3) is 5.90. The number of rotatable bonds is 7. The van der Waals surface area contributed by atoms with E-state index < -0.39 is 5.97 Å². The molecule has 2 aromatic heterocycles. The number of esters is 2. The molecule has 3 heterocycles. The first-order valence-electron chi connectivity index (χ1n) is 11.5. The molecule has 0 amide bonds. The summed E-state index contributed by atoms with van der Waals surface area (Å²) in [5.41, 5.74) is 3.83. The van der Waals surface area contributed by atoms with Gasteiger partial charge in [-0.25, -0.2) is 19.3 Å². The Morgan fingerprint density at radius 3 is 2.46 bits per heavy atom. The summed E-state index contributed by atoms with van der Waals surface area (Å²) in [6.45, 7) is 2.17. The molecule has 0 radical (unpaired) electrons. The van der Waals surface area contributed by atoms with Gasteiger partial charge in [0.2, 0.25) is 12.4 Å². The molecule has 2 aromatic carbocycles. The van der Waals surface area contributed by atoms with Crippen molar-refractivity contribution in [1.29, 1.82) is 0 Å². The predicted molar refractivity (Wildman–Crippen MR) is 133 cm³/mol. The summed E-state index contributed by atoms with van der Waals surface area (Å²) in [6.07, 6.45) is 7.12. The molecule has 0 N–H and O–H groups in total. The lowest BCUT2D eigenvalue weighted by Gasteiger charge is -2.01. The highest BCUT2D eigenvalue weighted by Gasteiger charge is 2.25. The van der Waals surface area contributed by atoms with Gasteiger partial charge in [-0.1, -0.05) is 36.4 Å². The second-order valence-electron chi connectivity index (χ2n) is 7.99. The van der Waals surface area contributed by atoms with E-state index in [2.05, 4.69) is 4.99 Å². The van der Waals surface area contributed by atoms with Crippen LogP contribution in [0, 0.1) is 0 Å². The molecule has 0 aliphatic carbocycles. The third-order valence-corrected chi connectivity index (χ3v) is 5.45. The van der Waals surface area contributed by atoms with Gasteiger partial charge >= 0.3 is 11.9 Å². The van der Waals surface area contributed by atoms with Gasteiger partial charge in [-0.3, -0.25) is 0 Å². The quantitative estimate of drug-likeness (QED) is 0.190. The number of nitrogens with zero attached hydrogens (tertiary/aromatic N) is 4. The Labute approximate surface area is 224 Å². The Bertz CT molecular complexity index is 1480. The van der Waals surface area contributed by atoms with Gasteiger partial charge in [-0.15, -0.1) is 0 Å². The third-order valence-electron chi connectivity index (χ3n) is 5.45. The number of aliphatic imine (C=N–C) groups is 1. The summed E-state index contributed by atoms with van der Waals surface area (Å²) in [5, 5.41) is 4.79. The first-order chi connectivity index (χ1) is 17.6. The van der Waals surface area contributed by atoms with Crippen LogP contribution in [0.5, 0.6) is 0 Å². The van der Waals surface area contributed by atoms with Crippen molar-refractivity contribution < 1.29 is 40.6 Å². The number of pyridine rings is 1. The van der Waals surface area contributed by atoms with Crippen LogP contribution in [0.1, 0.15) is 18.1 Å². The second-order valence-corrected chi connectivity index (χ2v) is 7.99. The fourth-order valence-corrected chi connectivity index (χ4v) is 3.81. The summed E-state index contributed by atoms with van der Waals surface area (Å²) in [5.74, 6) is -0.596. The molecular formula is C28H23BrN4O4. The van der Waals surface area contributed by atoms with E-state index in [1.54, 1.807) is 28.4 Å². The van der Waals surface area contributed by atoms with E-state index in [-0.39, 0.29) is 41.1 Å². The SMILES string of the molecule is CCOC(=O)C[n+]1cccc(-c2nn(-c3ccccc3)cc2C=C2N=C(c3ccccc3)OC2=O)c1.[Br-]. The van der Waals surface area contributed by atoms with E-state index in [1.165, 1.54) is 0 Å². The highest BCUT2D eigenvalue weighted by Crippen LogP contribution is 2.27. The molecule has 0 saturated carbocycles. The topological polar surface area (TPSA) is 86.7 Å². The zero-order valence-corrected chi connectivity index (χ0v) is 21.5. The first kappa shape index (κ1) is 25.7. The number of carbonyl (C=O) groups is 2. The molecule has 0 spiro atoms. The molecule has 4 aromatic rings. The Hall–Kier alpha value is -4.37. The lowest BCUT2D eigenvalue weighted by Crippen LogP contribution is -3.00. The number of ether oxygens (including phenoxy) is 2. The molecule has 0 unspecified atom stereocenters. The number of carbonyl (C=O) groups excluding carboxylic acids is 2. The van der Waals surface area contributed by atoms with Gasteiger partial charge in [0.15, 0.2) is 18.1 Å². The minimum absolute atomic E-state index is 0. The van der Waals surface area contributed by atoms with Gasteiger partial charge in [-0.05, 0) is 43.3 Å². The number of para-hydroxylation sites is 1. The normalized spacial score (nSPS) is 13.6. The predicted octanol–water partition coefficient (Wildman–Crippen LogP) is 0.738. The number of hydrogen-bond donors (Lipinski definition) is 0. The van der Waals surface area contributed by atoms with Crippen LogP contribution >= 0.6 is 0 Å². The number of halogens is 1. The minimum atomic E-state index is -0.530. The van der Waals surface area contributed by atoms with Crippen molar-refractivity contribution >= 4 is 23.9 Å². The van der Waals surface area contributed by atoms with Crippen LogP contribution < -0.4 is 21.5 Å². The zero-order valence-electron chi connectivity index (χ0n) is 20.0. The first-order valence-corrected chi connectivity index (χ1v) is 11.5. The molecular weight excluding hydrogens is 536 g/mol. The van der Waals surface area contributed by atoms with Crippen LogP contribution in [0.3, 0.4) is 0 Å². The Balaban J connectivity index is 0.00000320. The van der Waals surface area contributed by atoms with Crippen molar-refractivity contribution in [3.63, 3.8) is 0 Å². The molecule has 5 rings (SSSR count). The minimum Gasteiger partial charge on any atom is -1.00 e. The average Bonchev–Trinajstić information content (AvgIpc) is 3.49. The number of aromatic nitrogens is 3. The van der Waals surface area contributed by atoms with Crippen LogP contribution in [0.2, 0.25) is 0 Å². The van der Waals surface area contributed by atoms with Crippen molar-refractivity contribution in [3.05, 3.63) is 108 Å². The van der Waals surface area contributed by atoms with Crippen LogP contribution in [0.4, 0.5) is 0 Å². The van der Waals surface area contributed by atoms with Crippen LogP contribution in [0.25, 0.3) is 23.0 Å². The Kier molecular flexibility index (Phi) is 8.05. The van der Waals surface area contributed by atoms with Gasteiger partial charge in [0.25, 0.3) is 0 Å². The molecule has 0 bridgehead atoms. The molecule has 8 nitrogen and oxygen atoms in total. The largest absolute Gasteiger partial charge is 1.00 e. The highest BCUT2D eigenvalue weighted by molar-refractivity contribution is 6.13. The molecule has 1 aliphatic heterocycles. The van der Waals surface area contributed by atoms with E-state index in [1.807, 2.05) is 85.2 Å². The smallest absolute Gasteiger partial charge is 0.372 e. The molecule has 0 saturated heterocycles. The van der Waals surface area contributed by atoms with Gasteiger partial charge in [0.05, 0.1) is 17.9 Å². The van der Waals surface area contributed by atoms with Gasteiger partial charge in [0, 0.05) is 23.4 Å². The van der Waals surface area contributed by atoms with E-state index in [4.69, 9.17) is 14.6 Å². The monoisotopic (exact) mass is 558 g/mol. The second kappa shape index (κ2) is 11.6. The Morgan fingerprint density at radius 1 is 1.03 bits per heavy atom. The van der Waals surface area contributed by atoms with Crippen LogP contribution in [-0.4, -0.2) is 34.2 Å². The van der Waals surface area contributed by atoms with Crippen molar-refractivity contribution in [1.82, 2.24) is 9.78 Å². The number of cyclic esters (lactones) is 1. The van der Waals surface area contributed by atoms with Crippen molar-refractivity contribution in [2.75, 3.05) is 6.61 Å². The molecule has 9 heteroatoms.